The number of carbonyl (C=O) groups is 1. The first-order valence-electron chi connectivity index (χ1n) is 6.50. The molecule has 1 aliphatic heterocycles. The highest BCUT2D eigenvalue weighted by Crippen LogP contribution is 2.17. The quantitative estimate of drug-likeness (QED) is 0.911. The van der Waals surface area contributed by atoms with Gasteiger partial charge in [0.25, 0.3) is 5.91 Å². The smallest absolute Gasteiger partial charge is 0.254 e. The van der Waals surface area contributed by atoms with E-state index >= 15 is 0 Å². The molecule has 1 amide bonds. The van der Waals surface area contributed by atoms with Crippen molar-refractivity contribution < 1.29 is 9.90 Å². The summed E-state index contributed by atoms with van der Waals surface area (Å²) in [7, 11) is 0. The highest BCUT2D eigenvalue weighted by Gasteiger charge is 2.22. The van der Waals surface area contributed by atoms with Crippen LogP contribution in [0.5, 0.6) is 0 Å². The first kappa shape index (κ1) is 14.3. The molecule has 104 valence electrons. The van der Waals surface area contributed by atoms with E-state index in [0.29, 0.717) is 24.7 Å². The van der Waals surface area contributed by atoms with Gasteiger partial charge in [-0.15, -0.1) is 0 Å². The molecular formula is C14H19ClN2O2. The lowest BCUT2D eigenvalue weighted by molar-refractivity contribution is 0.0614. The summed E-state index contributed by atoms with van der Waals surface area (Å²) in [6.45, 7) is 5.81. The van der Waals surface area contributed by atoms with Crippen molar-refractivity contribution in [2.45, 2.75) is 6.92 Å². The van der Waals surface area contributed by atoms with Gasteiger partial charge in [0.2, 0.25) is 0 Å². The topological polar surface area (TPSA) is 43.8 Å². The lowest BCUT2D eigenvalue weighted by Crippen LogP contribution is -2.49. The van der Waals surface area contributed by atoms with E-state index in [-0.39, 0.29) is 12.5 Å². The summed E-state index contributed by atoms with van der Waals surface area (Å²) in [5, 5.41) is 9.55. The summed E-state index contributed by atoms with van der Waals surface area (Å²) in [6, 6.07) is 5.36. The average molecular weight is 283 g/mol. The van der Waals surface area contributed by atoms with Crippen LogP contribution in [0.4, 0.5) is 0 Å². The average Bonchev–Trinajstić information content (AvgIpc) is 2.39. The van der Waals surface area contributed by atoms with Crippen LogP contribution in [0, 0.1) is 6.92 Å². The zero-order valence-electron chi connectivity index (χ0n) is 11.1. The molecular weight excluding hydrogens is 264 g/mol. The van der Waals surface area contributed by atoms with Crippen molar-refractivity contribution in [3.63, 3.8) is 0 Å². The predicted octanol–water partition coefficient (Wildman–Crippen LogP) is 1.40. The second kappa shape index (κ2) is 6.37. The van der Waals surface area contributed by atoms with Crippen LogP contribution in [0.2, 0.25) is 5.02 Å². The SMILES string of the molecule is Cc1cc(Cl)ccc1C(=O)N1CCN(CCO)CC1. The number of hydrogen-bond acceptors (Lipinski definition) is 3. The van der Waals surface area contributed by atoms with Crippen molar-refractivity contribution in [1.82, 2.24) is 9.80 Å². The maximum Gasteiger partial charge on any atom is 0.254 e. The number of aryl methyl sites for hydroxylation is 1. The lowest BCUT2D eigenvalue weighted by atomic mass is 10.1. The molecule has 0 radical (unpaired) electrons. The van der Waals surface area contributed by atoms with E-state index in [4.69, 9.17) is 16.7 Å². The molecule has 0 aromatic heterocycles. The molecule has 1 saturated heterocycles. The van der Waals surface area contributed by atoms with Gasteiger partial charge in [-0.3, -0.25) is 9.69 Å². The van der Waals surface area contributed by atoms with E-state index in [2.05, 4.69) is 4.90 Å². The number of hydrogen-bond donors (Lipinski definition) is 1. The molecule has 1 aliphatic rings. The molecule has 0 aliphatic carbocycles. The molecule has 1 aromatic rings. The molecule has 0 spiro atoms. The second-order valence-electron chi connectivity index (χ2n) is 4.82. The first-order valence-corrected chi connectivity index (χ1v) is 6.88. The Kier molecular flexibility index (Phi) is 4.80. The minimum absolute atomic E-state index is 0.0674. The first-order chi connectivity index (χ1) is 9.11. The van der Waals surface area contributed by atoms with Crippen molar-refractivity contribution in [2.24, 2.45) is 0 Å². The van der Waals surface area contributed by atoms with E-state index in [1.165, 1.54) is 0 Å². The molecule has 1 aromatic carbocycles. The van der Waals surface area contributed by atoms with E-state index in [0.717, 1.165) is 24.2 Å². The van der Waals surface area contributed by atoms with Crippen LogP contribution in [0.25, 0.3) is 0 Å². The number of piperazine rings is 1. The van der Waals surface area contributed by atoms with E-state index < -0.39 is 0 Å². The van der Waals surface area contributed by atoms with Crippen molar-refractivity contribution in [3.8, 4) is 0 Å². The fourth-order valence-electron chi connectivity index (χ4n) is 2.35. The van der Waals surface area contributed by atoms with Gasteiger partial charge in [-0.2, -0.15) is 0 Å². The molecule has 19 heavy (non-hydrogen) atoms. The summed E-state index contributed by atoms with van der Waals surface area (Å²) >= 11 is 5.91. The summed E-state index contributed by atoms with van der Waals surface area (Å²) < 4.78 is 0. The zero-order chi connectivity index (χ0) is 13.8. The fraction of sp³-hybridized carbons (Fsp3) is 0.500. The number of amides is 1. The maximum absolute atomic E-state index is 12.4. The Morgan fingerprint density at radius 3 is 2.58 bits per heavy atom. The number of aliphatic hydroxyl groups is 1. The van der Waals surface area contributed by atoms with Crippen LogP contribution < -0.4 is 0 Å². The van der Waals surface area contributed by atoms with Gasteiger partial charge in [-0.05, 0) is 30.7 Å². The van der Waals surface area contributed by atoms with Crippen molar-refractivity contribution >= 4 is 17.5 Å². The molecule has 0 bridgehead atoms. The van der Waals surface area contributed by atoms with Crippen molar-refractivity contribution in [1.29, 1.82) is 0 Å². The third kappa shape index (κ3) is 3.47. The molecule has 1 fully saturated rings. The molecule has 0 unspecified atom stereocenters. The molecule has 1 heterocycles. The monoisotopic (exact) mass is 282 g/mol. The number of nitrogens with zero attached hydrogens (tertiary/aromatic N) is 2. The van der Waals surface area contributed by atoms with Crippen LogP contribution in [-0.2, 0) is 0 Å². The summed E-state index contributed by atoms with van der Waals surface area (Å²) in [6.07, 6.45) is 0. The second-order valence-corrected chi connectivity index (χ2v) is 5.25. The summed E-state index contributed by atoms with van der Waals surface area (Å²) in [4.78, 5) is 16.4. The summed E-state index contributed by atoms with van der Waals surface area (Å²) in [5.41, 5.74) is 1.63. The predicted molar refractivity (Wildman–Crippen MR) is 75.6 cm³/mol. The summed E-state index contributed by atoms with van der Waals surface area (Å²) in [5.74, 6) is 0.0674. The Hall–Kier alpha value is -1.10. The Morgan fingerprint density at radius 2 is 2.00 bits per heavy atom. The van der Waals surface area contributed by atoms with Crippen LogP contribution in [0.15, 0.2) is 18.2 Å². The van der Waals surface area contributed by atoms with Crippen LogP contribution in [0.1, 0.15) is 15.9 Å². The Bertz CT molecular complexity index is 457. The molecule has 5 heteroatoms. The van der Waals surface area contributed by atoms with Gasteiger partial charge < -0.3 is 10.0 Å². The molecule has 2 rings (SSSR count). The zero-order valence-corrected chi connectivity index (χ0v) is 11.9. The van der Waals surface area contributed by atoms with Gasteiger partial charge in [0.15, 0.2) is 0 Å². The number of carbonyl (C=O) groups excluding carboxylic acids is 1. The van der Waals surface area contributed by atoms with E-state index in [1.807, 2.05) is 17.9 Å². The van der Waals surface area contributed by atoms with Crippen LogP contribution in [0.3, 0.4) is 0 Å². The van der Waals surface area contributed by atoms with Crippen molar-refractivity contribution in [2.75, 3.05) is 39.3 Å². The van der Waals surface area contributed by atoms with Gasteiger partial charge in [-0.25, -0.2) is 0 Å². The highest BCUT2D eigenvalue weighted by molar-refractivity contribution is 6.30. The van der Waals surface area contributed by atoms with Gasteiger partial charge in [-0.1, -0.05) is 11.6 Å². The molecule has 1 N–H and O–H groups in total. The van der Waals surface area contributed by atoms with Gasteiger partial charge in [0, 0.05) is 43.3 Å². The van der Waals surface area contributed by atoms with Gasteiger partial charge in [0.1, 0.15) is 0 Å². The van der Waals surface area contributed by atoms with E-state index in [1.54, 1.807) is 12.1 Å². The fourth-order valence-corrected chi connectivity index (χ4v) is 2.58. The Morgan fingerprint density at radius 1 is 1.32 bits per heavy atom. The lowest BCUT2D eigenvalue weighted by Gasteiger charge is -2.34. The number of aliphatic hydroxyl groups excluding tert-OH is 1. The number of rotatable bonds is 3. The van der Waals surface area contributed by atoms with Crippen molar-refractivity contribution in [3.05, 3.63) is 34.3 Å². The number of β-amino-alcohol motifs (C(OH)–C–C–N with tert-alkyl or cyclic N) is 1. The minimum Gasteiger partial charge on any atom is -0.395 e. The van der Waals surface area contributed by atoms with Gasteiger partial charge >= 0.3 is 0 Å². The number of benzene rings is 1. The van der Waals surface area contributed by atoms with Gasteiger partial charge in [0.05, 0.1) is 6.61 Å². The molecule has 0 atom stereocenters. The largest absolute Gasteiger partial charge is 0.395 e. The normalized spacial score (nSPS) is 16.7. The molecule has 4 nitrogen and oxygen atoms in total. The standard InChI is InChI=1S/C14H19ClN2O2/c1-11-10-12(15)2-3-13(11)14(19)17-6-4-16(5-7-17)8-9-18/h2-3,10,18H,4-9H2,1H3. The third-order valence-electron chi connectivity index (χ3n) is 3.49. The maximum atomic E-state index is 12.4. The Balaban J connectivity index is 2.01. The minimum atomic E-state index is 0.0674. The van der Waals surface area contributed by atoms with Crippen LogP contribution >= 0.6 is 11.6 Å². The third-order valence-corrected chi connectivity index (χ3v) is 3.73. The molecule has 0 saturated carbocycles. The highest BCUT2D eigenvalue weighted by atomic mass is 35.5. The van der Waals surface area contributed by atoms with Crippen LogP contribution in [-0.4, -0.2) is 60.1 Å². The van der Waals surface area contributed by atoms with E-state index in [9.17, 15) is 4.79 Å². The number of halogens is 1. The Labute approximate surface area is 118 Å².